The Bertz CT molecular complexity index is 6600. The van der Waals surface area contributed by atoms with Crippen LogP contribution in [0.25, 0.3) is 68.1 Å². The molecule has 0 amide bonds. The number of aromatic nitrogens is 17. The van der Waals surface area contributed by atoms with Gasteiger partial charge in [0.05, 0.1) is 167 Å². The normalized spacial score (nSPS) is 22.1. The second-order valence-corrected chi connectivity index (χ2v) is 50.5. The number of morpholine rings is 5. The maximum absolute atomic E-state index is 13.0. The molecule has 5 aliphatic heterocycles. The zero-order valence-corrected chi connectivity index (χ0v) is 85.1. The lowest BCUT2D eigenvalue weighted by atomic mass is 10.2. The van der Waals surface area contributed by atoms with Gasteiger partial charge in [0, 0.05) is 173 Å². The summed E-state index contributed by atoms with van der Waals surface area (Å²) in [6.45, 7) is 26.7. The van der Waals surface area contributed by atoms with E-state index in [1.54, 1.807) is 62.5 Å². The van der Waals surface area contributed by atoms with Crippen LogP contribution in [0.5, 0.6) is 0 Å². The fraction of sp³-hybridized carbons (Fsp3) is 0.495. The van der Waals surface area contributed by atoms with Crippen LogP contribution in [0, 0.1) is 20.8 Å². The maximum Gasteiger partial charge on any atom is 0.239 e. The van der Waals surface area contributed by atoms with E-state index < -0.39 is 48.6 Å². The van der Waals surface area contributed by atoms with Gasteiger partial charge in [0.25, 0.3) is 0 Å². The molecule has 42 heteroatoms. The number of hydrogen-bond acceptors (Lipinski definition) is 35. The number of fused-ring (bicyclic) bond motifs is 2. The highest BCUT2D eigenvalue weighted by molar-refractivity contribution is 7.95. The second-order valence-electron chi connectivity index (χ2n) is 37.6. The molecule has 12 aromatic rings. The van der Waals surface area contributed by atoms with Gasteiger partial charge in [0.1, 0.15) is 41.7 Å². The lowest BCUT2D eigenvalue weighted by Gasteiger charge is -2.34. The molecule has 2 aromatic carbocycles. The highest BCUT2D eigenvalue weighted by Gasteiger charge is 2.37. The van der Waals surface area contributed by atoms with Gasteiger partial charge in [-0.15, -0.1) is 0 Å². The van der Waals surface area contributed by atoms with Crippen LogP contribution in [0.15, 0.2) is 168 Å². The van der Waals surface area contributed by atoms with E-state index in [0.717, 1.165) is 182 Å². The summed E-state index contributed by atoms with van der Waals surface area (Å²) in [4.78, 5) is 80.0. The van der Waals surface area contributed by atoms with Crippen molar-refractivity contribution in [1.82, 2.24) is 83.9 Å². The molecule has 10 aromatic heterocycles. The number of benzene rings is 2. The van der Waals surface area contributed by atoms with E-state index in [-0.39, 0.29) is 56.5 Å². The predicted octanol–water partition coefficient (Wildman–Crippen LogP) is 14.8. The minimum atomic E-state index is -2.31. The van der Waals surface area contributed by atoms with Crippen molar-refractivity contribution in [1.29, 1.82) is 0 Å². The lowest BCUT2D eigenvalue weighted by molar-refractivity contribution is 0.0985. The molecule has 0 radical (unpaired) electrons. The molecule has 10 fully saturated rings. The smallest absolute Gasteiger partial charge is 0.239 e. The molecular weight excluding hydrogens is 1860 g/mol. The Morgan fingerprint density at radius 1 is 0.295 bits per heavy atom. The van der Waals surface area contributed by atoms with Crippen LogP contribution in [0.3, 0.4) is 0 Å². The van der Waals surface area contributed by atoms with Crippen molar-refractivity contribution in [3.8, 4) is 46.1 Å². The van der Waals surface area contributed by atoms with Gasteiger partial charge < -0.3 is 48.2 Å². The van der Waals surface area contributed by atoms with Gasteiger partial charge in [0.2, 0.25) is 11.9 Å². The van der Waals surface area contributed by atoms with Crippen molar-refractivity contribution in [2.75, 3.05) is 155 Å². The second kappa shape index (κ2) is 41.9. The minimum absolute atomic E-state index is 0.167. The molecule has 15 heterocycles. The first-order valence-electron chi connectivity index (χ1n) is 47.7. The number of pyridine rings is 3. The predicted molar refractivity (Wildman–Crippen MR) is 547 cm³/mol. The summed E-state index contributed by atoms with van der Waals surface area (Å²) in [6.07, 6.45) is 27.2. The summed E-state index contributed by atoms with van der Waals surface area (Å²) in [7, 11) is -11.5. The summed E-state index contributed by atoms with van der Waals surface area (Å²) >= 11 is 0. The van der Waals surface area contributed by atoms with Crippen LogP contribution in [0.1, 0.15) is 116 Å². The Morgan fingerprint density at radius 2 is 0.532 bits per heavy atom. The Morgan fingerprint density at radius 3 is 0.763 bits per heavy atom. The van der Waals surface area contributed by atoms with Gasteiger partial charge in [-0.1, -0.05) is 24.3 Å². The third-order valence-electron chi connectivity index (χ3n) is 25.7. The van der Waals surface area contributed by atoms with Gasteiger partial charge in [-0.05, 0) is 180 Å². The van der Waals surface area contributed by atoms with Crippen molar-refractivity contribution >= 4 is 129 Å². The van der Waals surface area contributed by atoms with E-state index >= 15 is 0 Å². The van der Waals surface area contributed by atoms with Gasteiger partial charge in [-0.2, -0.15) is 41.7 Å². The van der Waals surface area contributed by atoms with Gasteiger partial charge in [-0.25, -0.2) is 60.9 Å². The van der Waals surface area contributed by atoms with Crippen molar-refractivity contribution in [3.05, 3.63) is 164 Å². The van der Waals surface area contributed by atoms with Crippen molar-refractivity contribution in [2.24, 2.45) is 21.8 Å². The number of ether oxygens (including phenoxy) is 5. The highest BCUT2D eigenvalue weighted by atomic mass is 32.2. The monoisotopic (exact) mass is 1990 g/mol. The van der Waals surface area contributed by atoms with Crippen molar-refractivity contribution in [2.45, 2.75) is 176 Å². The van der Waals surface area contributed by atoms with Crippen LogP contribution in [-0.2, 0) is 72.3 Å². The molecule has 5 aliphatic carbocycles. The summed E-state index contributed by atoms with van der Waals surface area (Å²) in [6, 6.07) is 37.6. The number of anilines is 5. The zero-order valence-electron chi connectivity index (χ0n) is 81.0. The molecule has 22 rings (SSSR count). The first-order valence-corrected chi connectivity index (χ1v) is 57.6. The van der Waals surface area contributed by atoms with E-state index in [2.05, 4.69) is 131 Å². The first-order chi connectivity index (χ1) is 66.8. The van der Waals surface area contributed by atoms with E-state index in [1.165, 1.54) is 0 Å². The van der Waals surface area contributed by atoms with Crippen LogP contribution in [0.4, 0.5) is 58.2 Å². The molecule has 736 valence electrons. The Labute approximate surface area is 814 Å². The van der Waals surface area contributed by atoms with E-state index in [4.69, 9.17) is 48.6 Å². The zero-order chi connectivity index (χ0) is 97.1. The molecule has 5 saturated heterocycles. The van der Waals surface area contributed by atoms with Gasteiger partial charge in [-0.3, -0.25) is 24.1 Å². The number of imidazole rings is 2. The van der Waals surface area contributed by atoms with E-state index in [1.807, 2.05) is 145 Å². The van der Waals surface area contributed by atoms with E-state index in [9.17, 15) is 21.0 Å². The summed E-state index contributed by atoms with van der Waals surface area (Å²) in [5, 5.41) is 0.884. The molecule has 0 spiro atoms. The molecule has 139 heavy (non-hydrogen) atoms. The summed E-state index contributed by atoms with van der Waals surface area (Å²) < 4.78 is 119. The molecule has 0 bridgehead atoms. The molecule has 1 unspecified atom stereocenters. The van der Waals surface area contributed by atoms with Crippen LogP contribution < -0.4 is 24.5 Å². The molecular formula is C97H123N27O10S5. The quantitative estimate of drug-likeness (QED) is 0.0684. The average molecular weight is 1990 g/mol. The molecule has 10 aliphatic rings. The Hall–Kier alpha value is -11.2. The highest BCUT2D eigenvalue weighted by Crippen LogP contribution is 2.40. The number of rotatable bonds is 20. The third-order valence-corrected chi connectivity index (χ3v) is 37.0. The minimum Gasteiger partial charge on any atom is -0.377 e. The van der Waals surface area contributed by atoms with Crippen LogP contribution >= 0.6 is 0 Å². The largest absolute Gasteiger partial charge is 0.377 e. The molecule has 0 N–H and O–H groups in total. The number of hydrogen-bond donors (Lipinski definition) is 0. The fourth-order valence-electron chi connectivity index (χ4n) is 16.9. The number of nitrogens with zero attached hydrogens (tertiary/aromatic N) is 27. The SMILES string of the molecule is C[C@@H]1COCCN1c1cc(N=[S@@](C)(=O)C2CC2)nc(-n2cnc3ccccc32)n1.C[C@@H]1COCCN1c1cc(N=[S@](C)(=O)C2CC2)nc(-n2cnc3ccccc32)n1.Cc1ccc(-c2nc(N=S(C)(=O)C3CC3)cc(N3CCOC[C@H]3C)n2)cn1.Cc1ccc(-c2nc(N=[S@@](C)(=O)C3CC3)cc(N3CCOC[C@H]3C)n2)cn1.Cc1ccc(-c2nc(N=[S@](C)(=O)C3CC3)cc(N3CCOC[C@H]3C)n2)cn1. The average Bonchev–Trinajstić information content (AvgIpc) is 1.60. The van der Waals surface area contributed by atoms with Gasteiger partial charge >= 0.3 is 0 Å². The van der Waals surface area contributed by atoms with E-state index in [0.29, 0.717) is 125 Å². The Balaban J connectivity index is 0.000000115. The number of aryl methyl sites for hydroxylation is 3. The number of para-hydroxylation sites is 4. The summed E-state index contributed by atoms with van der Waals surface area (Å²) in [5.74, 6) is 8.93. The van der Waals surface area contributed by atoms with Crippen molar-refractivity contribution in [3.63, 3.8) is 0 Å². The molecule has 37 nitrogen and oxygen atoms in total. The lowest BCUT2D eigenvalue weighted by Crippen LogP contribution is -2.44. The third kappa shape index (κ3) is 24.5. The topological polar surface area (TPSA) is 413 Å². The standard InChI is InChI=1S/2C20H24N6O2S.3C19H25N5O2S/c2*1-14-12-28-10-9-25(14)19-11-18(24-29(2,27)15-7-8-15)22-20(23-19)26-13-21-16-5-3-4-6-17(16)26;3*1-13-4-5-15(11-20-13)19-21-17(23-27(3,25)16-6-7-16)10-18(22-19)24-8-9-26-12-14(24)2/h2*3-6,11,13-15H,7-10,12H2,1-2H3;3*4-5,10-11,14,16H,6-9,12H2,1-3H3/t14-,29+;14-,29-;14-,27?;14-,27+;14-,27-/m11111/s1. The Kier molecular flexibility index (Phi) is 29.5. The molecule has 5 saturated carbocycles. The maximum atomic E-state index is 13.0. The first kappa shape index (κ1) is 98.0. The van der Waals surface area contributed by atoms with Gasteiger partial charge in [0.15, 0.2) is 46.6 Å². The van der Waals surface area contributed by atoms with Crippen LogP contribution in [-0.4, -0.2) is 291 Å². The fourth-order valence-corrected chi connectivity index (χ4v) is 25.0. The van der Waals surface area contributed by atoms with Crippen molar-refractivity contribution < 1.29 is 44.7 Å². The summed E-state index contributed by atoms with van der Waals surface area (Å²) in [5.41, 5.74) is 8.88. The van der Waals surface area contributed by atoms with Crippen LogP contribution in [0.2, 0.25) is 0 Å². The molecule has 10 atom stereocenters.